The molecule has 1 aromatic carbocycles. The molecule has 1 aliphatic rings. The molecule has 2 rings (SSSR count). The summed E-state index contributed by atoms with van der Waals surface area (Å²) in [5.74, 6) is 0.388. The molecule has 2 atom stereocenters. The lowest BCUT2D eigenvalue weighted by Crippen LogP contribution is -2.33. The summed E-state index contributed by atoms with van der Waals surface area (Å²) in [5.41, 5.74) is 0.692. The highest BCUT2D eigenvalue weighted by atomic mass is 79.9. The van der Waals surface area contributed by atoms with E-state index in [2.05, 4.69) is 27.8 Å². The molecular weight excluding hydrogens is 305 g/mol. The molecule has 1 heterocycles. The molecule has 0 bridgehead atoms. The molecule has 0 aromatic heterocycles. The van der Waals surface area contributed by atoms with E-state index in [0.717, 1.165) is 11.9 Å². The molecular formula is C13H16BrClFN. The summed E-state index contributed by atoms with van der Waals surface area (Å²) < 4.78 is 13.8. The number of hydrogen-bond donors (Lipinski definition) is 0. The van der Waals surface area contributed by atoms with Gasteiger partial charge in [0, 0.05) is 23.5 Å². The highest BCUT2D eigenvalue weighted by molar-refractivity contribution is 9.09. The highest BCUT2D eigenvalue weighted by Crippen LogP contribution is 2.28. The molecule has 0 radical (unpaired) electrons. The first-order valence-electron chi connectivity index (χ1n) is 5.86. The van der Waals surface area contributed by atoms with Crippen LogP contribution in [-0.2, 0) is 6.54 Å². The molecule has 1 fully saturated rings. The zero-order valence-electron chi connectivity index (χ0n) is 9.80. The van der Waals surface area contributed by atoms with Crippen molar-refractivity contribution in [2.75, 3.05) is 11.9 Å². The van der Waals surface area contributed by atoms with E-state index in [0.29, 0.717) is 24.1 Å². The van der Waals surface area contributed by atoms with Crippen LogP contribution in [0.4, 0.5) is 4.39 Å². The monoisotopic (exact) mass is 319 g/mol. The van der Waals surface area contributed by atoms with Gasteiger partial charge in [0.05, 0.1) is 5.02 Å². The summed E-state index contributed by atoms with van der Waals surface area (Å²) in [4.78, 5) is 2.33. The van der Waals surface area contributed by atoms with Gasteiger partial charge in [-0.1, -0.05) is 46.6 Å². The van der Waals surface area contributed by atoms with Crippen molar-refractivity contribution in [3.05, 3.63) is 34.6 Å². The van der Waals surface area contributed by atoms with Crippen molar-refractivity contribution in [1.82, 2.24) is 4.90 Å². The summed E-state index contributed by atoms with van der Waals surface area (Å²) in [5, 5.41) is 1.15. The molecule has 0 N–H and O–H groups in total. The van der Waals surface area contributed by atoms with E-state index in [-0.39, 0.29) is 10.8 Å². The predicted octanol–water partition coefficient (Wildman–Crippen LogP) is 4.08. The Morgan fingerprint density at radius 2 is 2.29 bits per heavy atom. The van der Waals surface area contributed by atoms with Gasteiger partial charge in [0.2, 0.25) is 0 Å². The average Bonchev–Trinajstić information content (AvgIpc) is 2.66. The Balaban J connectivity index is 2.13. The first-order chi connectivity index (χ1) is 8.13. The van der Waals surface area contributed by atoms with Crippen molar-refractivity contribution in [1.29, 1.82) is 0 Å². The Labute approximate surface area is 115 Å². The maximum absolute atomic E-state index is 13.8. The van der Waals surface area contributed by atoms with Gasteiger partial charge in [0.1, 0.15) is 5.82 Å². The van der Waals surface area contributed by atoms with Crippen molar-refractivity contribution in [2.24, 2.45) is 5.92 Å². The first kappa shape index (κ1) is 13.3. The molecule has 0 amide bonds. The first-order valence-corrected chi connectivity index (χ1v) is 7.36. The minimum atomic E-state index is -0.276. The van der Waals surface area contributed by atoms with Crippen molar-refractivity contribution in [3.8, 4) is 0 Å². The summed E-state index contributed by atoms with van der Waals surface area (Å²) >= 11 is 9.34. The Bertz CT molecular complexity index is 399. The highest BCUT2D eigenvalue weighted by Gasteiger charge is 2.30. The molecule has 0 aliphatic carbocycles. The summed E-state index contributed by atoms with van der Waals surface area (Å²) in [6.07, 6.45) is 1.18. The van der Waals surface area contributed by atoms with Crippen LogP contribution < -0.4 is 0 Å². The summed E-state index contributed by atoms with van der Waals surface area (Å²) in [6.45, 7) is 3.93. The minimum absolute atomic E-state index is 0.213. The Hall–Kier alpha value is -0.120. The van der Waals surface area contributed by atoms with Crippen molar-refractivity contribution >= 4 is 27.5 Å². The van der Waals surface area contributed by atoms with Crippen molar-refractivity contribution < 1.29 is 4.39 Å². The van der Waals surface area contributed by atoms with Crippen molar-refractivity contribution in [2.45, 2.75) is 25.9 Å². The van der Waals surface area contributed by atoms with Gasteiger partial charge in [0.25, 0.3) is 0 Å². The van der Waals surface area contributed by atoms with Crippen LogP contribution in [0.2, 0.25) is 5.02 Å². The minimum Gasteiger partial charge on any atom is -0.295 e. The van der Waals surface area contributed by atoms with Crippen LogP contribution in [0.15, 0.2) is 18.2 Å². The Morgan fingerprint density at radius 1 is 1.53 bits per heavy atom. The maximum atomic E-state index is 13.8. The number of halogens is 3. The zero-order valence-corrected chi connectivity index (χ0v) is 12.1. The van der Waals surface area contributed by atoms with Gasteiger partial charge in [-0.25, -0.2) is 4.39 Å². The van der Waals surface area contributed by atoms with E-state index in [1.54, 1.807) is 6.07 Å². The summed E-state index contributed by atoms with van der Waals surface area (Å²) in [7, 11) is 0. The number of likely N-dealkylation sites (tertiary alicyclic amines) is 1. The molecule has 17 heavy (non-hydrogen) atoms. The molecule has 4 heteroatoms. The van der Waals surface area contributed by atoms with E-state index in [4.69, 9.17) is 11.6 Å². The molecule has 1 nitrogen and oxygen atoms in total. The van der Waals surface area contributed by atoms with Gasteiger partial charge in [-0.3, -0.25) is 4.90 Å². The second-order valence-corrected chi connectivity index (χ2v) is 5.73. The maximum Gasteiger partial charge on any atom is 0.146 e. The standard InChI is InChI=1S/C13H16BrClFN/c1-9-5-6-17(12(9)7-14)8-10-3-2-4-11(15)13(10)16/h2-4,9,12H,5-8H2,1H3. The molecule has 1 aromatic rings. The van der Waals surface area contributed by atoms with Crippen LogP contribution in [0.3, 0.4) is 0 Å². The van der Waals surface area contributed by atoms with E-state index >= 15 is 0 Å². The third kappa shape index (κ3) is 2.83. The third-order valence-electron chi connectivity index (χ3n) is 3.56. The smallest absolute Gasteiger partial charge is 0.146 e. The molecule has 2 unspecified atom stereocenters. The second-order valence-electron chi connectivity index (χ2n) is 4.67. The lowest BCUT2D eigenvalue weighted by atomic mass is 10.0. The van der Waals surface area contributed by atoms with Gasteiger partial charge in [0.15, 0.2) is 0 Å². The molecule has 0 saturated carbocycles. The van der Waals surface area contributed by atoms with E-state index in [1.807, 2.05) is 12.1 Å². The molecule has 1 aliphatic heterocycles. The number of benzene rings is 1. The zero-order chi connectivity index (χ0) is 12.4. The fraction of sp³-hybridized carbons (Fsp3) is 0.538. The van der Waals surface area contributed by atoms with Gasteiger partial charge < -0.3 is 0 Å². The third-order valence-corrected chi connectivity index (χ3v) is 4.52. The van der Waals surface area contributed by atoms with Gasteiger partial charge in [-0.05, 0) is 24.9 Å². The SMILES string of the molecule is CC1CCN(Cc2cccc(Cl)c2F)C1CBr. The van der Waals surface area contributed by atoms with Crippen LogP contribution in [0, 0.1) is 11.7 Å². The van der Waals surface area contributed by atoms with Crippen LogP contribution >= 0.6 is 27.5 Å². The number of alkyl halides is 1. The lowest BCUT2D eigenvalue weighted by molar-refractivity contribution is 0.241. The van der Waals surface area contributed by atoms with E-state index < -0.39 is 0 Å². The Kier molecular flexibility index (Phi) is 4.45. The fourth-order valence-electron chi connectivity index (χ4n) is 2.42. The Morgan fingerprint density at radius 3 is 3.00 bits per heavy atom. The van der Waals surface area contributed by atoms with E-state index in [1.165, 1.54) is 6.42 Å². The van der Waals surface area contributed by atoms with Crippen LogP contribution in [-0.4, -0.2) is 22.8 Å². The number of hydrogen-bond acceptors (Lipinski definition) is 1. The van der Waals surface area contributed by atoms with Crippen LogP contribution in [0.25, 0.3) is 0 Å². The van der Waals surface area contributed by atoms with E-state index in [9.17, 15) is 4.39 Å². The molecule has 1 saturated heterocycles. The second kappa shape index (κ2) is 5.68. The van der Waals surface area contributed by atoms with Gasteiger partial charge in [-0.15, -0.1) is 0 Å². The van der Waals surface area contributed by atoms with Gasteiger partial charge in [-0.2, -0.15) is 0 Å². The predicted molar refractivity (Wildman–Crippen MR) is 73.2 cm³/mol. The summed E-state index contributed by atoms with van der Waals surface area (Å²) in [6, 6.07) is 5.71. The normalized spacial score (nSPS) is 25.4. The fourth-order valence-corrected chi connectivity index (χ4v) is 3.66. The molecule has 0 spiro atoms. The molecule has 94 valence electrons. The van der Waals surface area contributed by atoms with Crippen molar-refractivity contribution in [3.63, 3.8) is 0 Å². The topological polar surface area (TPSA) is 3.24 Å². The average molecular weight is 321 g/mol. The number of rotatable bonds is 3. The largest absolute Gasteiger partial charge is 0.295 e. The quantitative estimate of drug-likeness (QED) is 0.758. The lowest BCUT2D eigenvalue weighted by Gasteiger charge is -2.25. The van der Waals surface area contributed by atoms with Crippen LogP contribution in [0.5, 0.6) is 0 Å². The van der Waals surface area contributed by atoms with Gasteiger partial charge >= 0.3 is 0 Å². The number of nitrogens with zero attached hydrogens (tertiary/aromatic N) is 1. The van der Waals surface area contributed by atoms with Crippen LogP contribution in [0.1, 0.15) is 18.9 Å².